The van der Waals surface area contributed by atoms with E-state index in [1.165, 1.54) is 0 Å². The lowest BCUT2D eigenvalue weighted by Gasteiger charge is -2.06. The molecule has 27 heavy (non-hydrogen) atoms. The van der Waals surface area contributed by atoms with Gasteiger partial charge in [0.05, 0.1) is 6.54 Å². The maximum Gasteiger partial charge on any atom is 0.258 e. The van der Waals surface area contributed by atoms with Crippen LogP contribution < -0.4 is 10.1 Å². The van der Waals surface area contributed by atoms with Gasteiger partial charge in [0.1, 0.15) is 17.0 Å². The maximum atomic E-state index is 11.9. The van der Waals surface area contributed by atoms with E-state index in [9.17, 15) is 4.79 Å². The number of fused-ring (bicyclic) bond motifs is 1. The first kappa shape index (κ1) is 16.9. The van der Waals surface area contributed by atoms with E-state index in [-0.39, 0.29) is 19.1 Å². The summed E-state index contributed by atoms with van der Waals surface area (Å²) in [5.74, 6) is 1.54. The Morgan fingerprint density at radius 2 is 1.89 bits per heavy atom. The minimum atomic E-state index is -0.233. The fourth-order valence-corrected chi connectivity index (χ4v) is 2.64. The van der Waals surface area contributed by atoms with Crippen LogP contribution in [0.3, 0.4) is 0 Å². The Bertz CT molecular complexity index is 1030. The van der Waals surface area contributed by atoms with Gasteiger partial charge in [0.2, 0.25) is 5.76 Å². The molecule has 1 amide bonds. The number of para-hydroxylation sites is 1. The topological polar surface area (TPSA) is 77.5 Å². The van der Waals surface area contributed by atoms with Crippen LogP contribution in [0.25, 0.3) is 22.5 Å². The van der Waals surface area contributed by atoms with Gasteiger partial charge in [-0.3, -0.25) is 4.79 Å². The molecular weight excluding hydrogens is 344 g/mol. The number of ether oxygens (including phenoxy) is 1. The zero-order valence-corrected chi connectivity index (χ0v) is 14.8. The van der Waals surface area contributed by atoms with Gasteiger partial charge < -0.3 is 19.0 Å². The monoisotopic (exact) mass is 362 g/mol. The molecular formula is C21H18N2O4. The molecule has 0 bridgehead atoms. The molecule has 0 radical (unpaired) electrons. The smallest absolute Gasteiger partial charge is 0.258 e. The van der Waals surface area contributed by atoms with Crippen LogP contribution in [0.4, 0.5) is 0 Å². The Hall–Kier alpha value is -3.54. The number of carbonyl (C=O) groups is 1. The average molecular weight is 362 g/mol. The second-order valence-corrected chi connectivity index (χ2v) is 6.21. The molecule has 0 spiro atoms. The summed E-state index contributed by atoms with van der Waals surface area (Å²) in [5, 5.41) is 7.72. The van der Waals surface area contributed by atoms with Crippen LogP contribution in [0.2, 0.25) is 0 Å². The molecule has 2 heterocycles. The number of carbonyl (C=O) groups excluding carboxylic acids is 1. The predicted molar refractivity (Wildman–Crippen MR) is 100 cm³/mol. The van der Waals surface area contributed by atoms with E-state index in [1.807, 2.05) is 61.5 Å². The van der Waals surface area contributed by atoms with Gasteiger partial charge in [-0.1, -0.05) is 41.1 Å². The van der Waals surface area contributed by atoms with Gasteiger partial charge in [0.15, 0.2) is 12.4 Å². The van der Waals surface area contributed by atoms with Gasteiger partial charge in [-0.25, -0.2) is 0 Å². The molecule has 1 N–H and O–H groups in total. The van der Waals surface area contributed by atoms with E-state index in [0.29, 0.717) is 23.0 Å². The molecule has 0 unspecified atom stereocenters. The van der Waals surface area contributed by atoms with Crippen molar-refractivity contribution in [2.45, 2.75) is 13.5 Å². The van der Waals surface area contributed by atoms with Crippen molar-refractivity contribution in [3.8, 4) is 17.3 Å². The third-order valence-electron chi connectivity index (χ3n) is 4.08. The summed E-state index contributed by atoms with van der Waals surface area (Å²) >= 11 is 0. The minimum Gasteiger partial charge on any atom is -0.484 e. The van der Waals surface area contributed by atoms with E-state index < -0.39 is 0 Å². The lowest BCUT2D eigenvalue weighted by Crippen LogP contribution is -2.28. The molecule has 0 aliphatic heterocycles. The van der Waals surface area contributed by atoms with Crippen molar-refractivity contribution in [1.29, 1.82) is 0 Å². The Balaban J connectivity index is 1.32. The van der Waals surface area contributed by atoms with Gasteiger partial charge >= 0.3 is 0 Å². The number of benzene rings is 2. The molecule has 136 valence electrons. The van der Waals surface area contributed by atoms with Crippen molar-refractivity contribution < 1.29 is 18.5 Å². The van der Waals surface area contributed by atoms with E-state index in [2.05, 4.69) is 10.5 Å². The number of hydrogen-bond acceptors (Lipinski definition) is 5. The normalized spacial score (nSPS) is 10.9. The number of amides is 1. The summed E-state index contributed by atoms with van der Waals surface area (Å²) in [5.41, 5.74) is 2.53. The first-order valence-corrected chi connectivity index (χ1v) is 8.58. The molecule has 0 fully saturated rings. The number of hydrogen-bond donors (Lipinski definition) is 1. The average Bonchev–Trinajstić information content (AvgIpc) is 3.32. The molecule has 6 heteroatoms. The molecule has 0 saturated heterocycles. The first-order chi connectivity index (χ1) is 13.2. The van der Waals surface area contributed by atoms with Gasteiger partial charge in [-0.05, 0) is 31.2 Å². The number of aryl methyl sites for hydroxylation is 1. The third kappa shape index (κ3) is 4.00. The van der Waals surface area contributed by atoms with Crippen LogP contribution in [-0.4, -0.2) is 17.7 Å². The molecule has 4 aromatic rings. The van der Waals surface area contributed by atoms with Gasteiger partial charge in [0.25, 0.3) is 5.91 Å². The van der Waals surface area contributed by atoms with E-state index in [0.717, 1.165) is 16.5 Å². The summed E-state index contributed by atoms with van der Waals surface area (Å²) in [6.45, 7) is 2.19. The molecule has 0 aliphatic carbocycles. The summed E-state index contributed by atoms with van der Waals surface area (Å²) in [6.07, 6.45) is 0. The van der Waals surface area contributed by atoms with Crippen molar-refractivity contribution in [3.63, 3.8) is 0 Å². The van der Waals surface area contributed by atoms with Gasteiger partial charge in [-0.15, -0.1) is 0 Å². The fourth-order valence-electron chi connectivity index (χ4n) is 2.64. The van der Waals surface area contributed by atoms with E-state index in [4.69, 9.17) is 13.7 Å². The third-order valence-corrected chi connectivity index (χ3v) is 4.08. The molecule has 4 rings (SSSR count). The lowest BCUT2D eigenvalue weighted by atomic mass is 10.2. The zero-order chi connectivity index (χ0) is 18.6. The van der Waals surface area contributed by atoms with Crippen LogP contribution in [0.5, 0.6) is 5.75 Å². The van der Waals surface area contributed by atoms with Crippen LogP contribution in [-0.2, 0) is 11.3 Å². The van der Waals surface area contributed by atoms with Crippen molar-refractivity contribution >= 4 is 16.9 Å². The van der Waals surface area contributed by atoms with Gasteiger partial charge in [-0.2, -0.15) is 0 Å². The first-order valence-electron chi connectivity index (χ1n) is 8.58. The molecule has 2 aromatic carbocycles. The predicted octanol–water partition coefficient (Wildman–Crippen LogP) is 4.09. The highest BCUT2D eigenvalue weighted by atomic mass is 16.5. The Morgan fingerprint density at radius 1 is 1.07 bits per heavy atom. The minimum absolute atomic E-state index is 0.0582. The summed E-state index contributed by atoms with van der Waals surface area (Å²) < 4.78 is 16.5. The molecule has 0 aliphatic rings. The highest BCUT2D eigenvalue weighted by molar-refractivity contribution is 5.81. The second-order valence-electron chi connectivity index (χ2n) is 6.21. The highest BCUT2D eigenvalue weighted by Gasteiger charge is 2.12. The van der Waals surface area contributed by atoms with Crippen molar-refractivity contribution in [3.05, 3.63) is 71.9 Å². The van der Waals surface area contributed by atoms with E-state index in [1.54, 1.807) is 6.07 Å². The number of rotatable bonds is 6. The Morgan fingerprint density at radius 3 is 2.70 bits per heavy atom. The number of aromatic nitrogens is 1. The quantitative estimate of drug-likeness (QED) is 0.559. The summed E-state index contributed by atoms with van der Waals surface area (Å²) in [7, 11) is 0. The van der Waals surface area contributed by atoms with Crippen LogP contribution >= 0.6 is 0 Å². The zero-order valence-electron chi connectivity index (χ0n) is 14.8. The Labute approximate surface area is 155 Å². The fraction of sp³-hybridized carbons (Fsp3) is 0.143. The standard InChI is InChI=1S/C21H18N2O4/c1-14-6-8-17(9-7-14)25-13-21(24)22-12-16-11-20(27-23-16)19-10-15-4-2-3-5-18(15)26-19/h2-11H,12-13H2,1H3,(H,22,24). The summed E-state index contributed by atoms with van der Waals surface area (Å²) in [6, 6.07) is 18.9. The second kappa shape index (κ2) is 7.37. The molecule has 0 atom stereocenters. The van der Waals surface area contributed by atoms with Crippen LogP contribution in [0.15, 0.2) is 69.6 Å². The highest BCUT2D eigenvalue weighted by Crippen LogP contribution is 2.28. The number of nitrogens with one attached hydrogen (secondary N) is 1. The van der Waals surface area contributed by atoms with Crippen molar-refractivity contribution in [2.75, 3.05) is 6.61 Å². The SMILES string of the molecule is Cc1ccc(OCC(=O)NCc2cc(-c3cc4ccccc4o3)on2)cc1. The summed E-state index contributed by atoms with van der Waals surface area (Å²) in [4.78, 5) is 11.9. The molecule has 2 aromatic heterocycles. The Kier molecular flexibility index (Phi) is 4.61. The number of furan rings is 1. The number of nitrogens with zero attached hydrogens (tertiary/aromatic N) is 1. The van der Waals surface area contributed by atoms with Crippen LogP contribution in [0, 0.1) is 6.92 Å². The van der Waals surface area contributed by atoms with Crippen molar-refractivity contribution in [2.24, 2.45) is 0 Å². The maximum absolute atomic E-state index is 11.9. The van der Waals surface area contributed by atoms with Gasteiger partial charge in [0, 0.05) is 11.5 Å². The molecule has 6 nitrogen and oxygen atoms in total. The van der Waals surface area contributed by atoms with Crippen LogP contribution in [0.1, 0.15) is 11.3 Å². The lowest BCUT2D eigenvalue weighted by molar-refractivity contribution is -0.123. The van der Waals surface area contributed by atoms with E-state index >= 15 is 0 Å². The largest absolute Gasteiger partial charge is 0.484 e. The molecule has 0 saturated carbocycles. The van der Waals surface area contributed by atoms with Crippen molar-refractivity contribution in [1.82, 2.24) is 10.5 Å².